The SMILES string of the molecule is CCN(C)C(=O)C(C)(C)[C@H]1CC2(CCN(C(=O)[C@@H]3CN(C(C)(C)C)C[C@H]3c3ccc(F)cc3F)CC2)c2cc(Cl)c(C)cc21. The molecule has 2 fully saturated rings. The van der Waals surface area contributed by atoms with Crippen LogP contribution < -0.4 is 0 Å². The Morgan fingerprint density at radius 1 is 1.02 bits per heavy atom. The van der Waals surface area contributed by atoms with Gasteiger partial charge >= 0.3 is 0 Å². The first-order valence-corrected chi connectivity index (χ1v) is 16.4. The van der Waals surface area contributed by atoms with Gasteiger partial charge in [0.2, 0.25) is 11.8 Å². The second kappa shape index (κ2) is 11.7. The van der Waals surface area contributed by atoms with Crippen molar-refractivity contribution in [2.75, 3.05) is 39.8 Å². The van der Waals surface area contributed by atoms with Gasteiger partial charge in [-0.1, -0.05) is 37.6 Å². The van der Waals surface area contributed by atoms with Crippen LogP contribution in [0.4, 0.5) is 8.78 Å². The van der Waals surface area contributed by atoms with Crippen LogP contribution in [0.25, 0.3) is 0 Å². The zero-order valence-electron chi connectivity index (χ0n) is 27.6. The standard InChI is InChI=1S/C36H48ClF2N3O2/c1-9-40(8)33(44)35(6,7)29-19-36(28-18-30(37)22(2)16-25(28)29)12-14-41(15-13-36)32(43)27-21-42(34(3,4)5)20-26(27)24-11-10-23(38)17-31(24)39/h10-11,16-18,26-27,29H,9,12-15,19-21H2,1-8H3/t26-,27+,29-/m0/s1. The fourth-order valence-electron chi connectivity index (χ4n) is 8.07. The lowest BCUT2D eigenvalue weighted by Crippen LogP contribution is -2.48. The third-order valence-electron chi connectivity index (χ3n) is 11.1. The van der Waals surface area contributed by atoms with Gasteiger partial charge in [0.05, 0.1) is 11.3 Å². The molecule has 5 nitrogen and oxygen atoms in total. The van der Waals surface area contributed by atoms with Crippen molar-refractivity contribution in [2.24, 2.45) is 11.3 Å². The van der Waals surface area contributed by atoms with Crippen molar-refractivity contribution in [3.05, 3.63) is 69.2 Å². The maximum atomic E-state index is 15.0. The van der Waals surface area contributed by atoms with Gasteiger partial charge in [-0.15, -0.1) is 0 Å². The van der Waals surface area contributed by atoms with Crippen LogP contribution >= 0.6 is 11.6 Å². The molecule has 0 N–H and O–H groups in total. The summed E-state index contributed by atoms with van der Waals surface area (Å²) in [6.45, 7) is 17.4. The third kappa shape index (κ3) is 5.68. The number of hydrogen-bond donors (Lipinski definition) is 0. The average molecular weight is 628 g/mol. The molecule has 3 atom stereocenters. The van der Waals surface area contributed by atoms with Crippen LogP contribution in [0, 0.1) is 29.9 Å². The minimum absolute atomic E-state index is 0.0390. The van der Waals surface area contributed by atoms with Gasteiger partial charge in [-0.3, -0.25) is 14.5 Å². The van der Waals surface area contributed by atoms with E-state index in [9.17, 15) is 14.0 Å². The molecule has 2 aliphatic heterocycles. The number of rotatable bonds is 5. The Balaban J connectivity index is 1.41. The highest BCUT2D eigenvalue weighted by atomic mass is 35.5. The summed E-state index contributed by atoms with van der Waals surface area (Å²) in [4.78, 5) is 33.8. The maximum Gasteiger partial charge on any atom is 0.228 e. The van der Waals surface area contributed by atoms with Crippen molar-refractivity contribution in [3.63, 3.8) is 0 Å². The lowest BCUT2D eigenvalue weighted by molar-refractivity contribution is -0.140. The van der Waals surface area contributed by atoms with Crippen molar-refractivity contribution in [2.45, 2.75) is 90.5 Å². The minimum atomic E-state index is -0.613. The van der Waals surface area contributed by atoms with E-state index in [1.54, 1.807) is 4.90 Å². The van der Waals surface area contributed by atoms with Crippen LogP contribution in [0.1, 0.15) is 94.9 Å². The molecule has 2 amide bonds. The van der Waals surface area contributed by atoms with Gasteiger partial charge in [-0.25, -0.2) is 8.78 Å². The first-order chi connectivity index (χ1) is 20.5. The molecule has 8 heteroatoms. The molecule has 0 bridgehead atoms. The predicted molar refractivity (Wildman–Crippen MR) is 172 cm³/mol. The highest BCUT2D eigenvalue weighted by Crippen LogP contribution is 2.58. The fraction of sp³-hybridized carbons (Fsp3) is 0.611. The Morgan fingerprint density at radius 2 is 1.68 bits per heavy atom. The minimum Gasteiger partial charge on any atom is -0.346 e. The van der Waals surface area contributed by atoms with Crippen LogP contribution in [0.3, 0.4) is 0 Å². The molecule has 240 valence electrons. The number of benzene rings is 2. The summed E-state index contributed by atoms with van der Waals surface area (Å²) in [5.41, 5.74) is 2.89. The van der Waals surface area contributed by atoms with Crippen molar-refractivity contribution in [3.8, 4) is 0 Å². The number of piperidine rings is 1. The monoisotopic (exact) mass is 627 g/mol. The van der Waals surface area contributed by atoms with E-state index in [2.05, 4.69) is 51.7 Å². The van der Waals surface area contributed by atoms with Crippen molar-refractivity contribution in [1.29, 1.82) is 0 Å². The molecule has 2 heterocycles. The molecule has 1 spiro atoms. The second-order valence-corrected chi connectivity index (χ2v) is 15.5. The molecule has 2 aromatic carbocycles. The number of carbonyl (C=O) groups is 2. The largest absolute Gasteiger partial charge is 0.346 e. The zero-order chi connectivity index (χ0) is 32.4. The highest BCUT2D eigenvalue weighted by Gasteiger charge is 2.53. The topological polar surface area (TPSA) is 43.9 Å². The van der Waals surface area contributed by atoms with Crippen LogP contribution in [-0.2, 0) is 15.0 Å². The van der Waals surface area contributed by atoms with E-state index in [-0.39, 0.29) is 34.6 Å². The molecule has 0 unspecified atom stereocenters. The molecule has 0 radical (unpaired) electrons. The number of hydrogen-bond acceptors (Lipinski definition) is 3. The van der Waals surface area contributed by atoms with Crippen molar-refractivity contribution in [1.82, 2.24) is 14.7 Å². The number of amides is 2. The normalized spacial score (nSPS) is 23.7. The molecule has 0 aromatic heterocycles. The molecule has 3 aliphatic rings. The fourth-order valence-corrected chi connectivity index (χ4v) is 8.24. The van der Waals surface area contributed by atoms with Crippen LogP contribution in [0.15, 0.2) is 30.3 Å². The van der Waals surface area contributed by atoms with Crippen molar-refractivity contribution >= 4 is 23.4 Å². The Kier molecular flexibility index (Phi) is 8.73. The third-order valence-corrected chi connectivity index (χ3v) is 11.5. The first kappa shape index (κ1) is 32.9. The smallest absolute Gasteiger partial charge is 0.228 e. The lowest BCUT2D eigenvalue weighted by Gasteiger charge is -2.42. The number of carbonyl (C=O) groups excluding carboxylic acids is 2. The highest BCUT2D eigenvalue weighted by molar-refractivity contribution is 6.31. The van der Waals surface area contributed by atoms with E-state index in [0.717, 1.165) is 35.9 Å². The average Bonchev–Trinajstić information content (AvgIpc) is 3.53. The summed E-state index contributed by atoms with van der Waals surface area (Å²) in [6.07, 6.45) is 2.40. The van der Waals surface area contributed by atoms with Crippen LogP contribution in [0.5, 0.6) is 0 Å². The predicted octanol–water partition coefficient (Wildman–Crippen LogP) is 7.29. The first-order valence-electron chi connectivity index (χ1n) is 16.0. The number of likely N-dealkylation sites (tertiary alicyclic amines) is 2. The summed E-state index contributed by atoms with van der Waals surface area (Å²) in [7, 11) is 1.86. The number of nitrogens with zero attached hydrogens (tertiary/aromatic N) is 3. The quantitative estimate of drug-likeness (QED) is 0.350. The van der Waals surface area contributed by atoms with Crippen molar-refractivity contribution < 1.29 is 18.4 Å². The maximum absolute atomic E-state index is 15.0. The zero-order valence-corrected chi connectivity index (χ0v) is 28.3. The molecule has 2 saturated heterocycles. The molecule has 0 saturated carbocycles. The molecule has 2 aromatic rings. The number of halogens is 3. The van der Waals surface area contributed by atoms with Gasteiger partial charge in [0.25, 0.3) is 0 Å². The number of aryl methyl sites for hydroxylation is 1. The van der Waals surface area contributed by atoms with Gasteiger partial charge in [0, 0.05) is 62.3 Å². The van der Waals surface area contributed by atoms with E-state index < -0.39 is 23.0 Å². The van der Waals surface area contributed by atoms with Gasteiger partial charge < -0.3 is 9.80 Å². The van der Waals surface area contributed by atoms with E-state index in [1.807, 2.05) is 25.8 Å². The molecule has 1 aliphatic carbocycles. The van der Waals surface area contributed by atoms with E-state index in [1.165, 1.54) is 23.3 Å². The summed E-state index contributed by atoms with van der Waals surface area (Å²) >= 11 is 6.71. The summed E-state index contributed by atoms with van der Waals surface area (Å²) < 4.78 is 28.8. The lowest BCUT2D eigenvalue weighted by atomic mass is 9.69. The van der Waals surface area contributed by atoms with E-state index in [4.69, 9.17) is 11.6 Å². The summed E-state index contributed by atoms with van der Waals surface area (Å²) in [5, 5.41) is 0.731. The second-order valence-electron chi connectivity index (χ2n) is 15.0. The van der Waals surface area contributed by atoms with Gasteiger partial charge in [0.15, 0.2) is 0 Å². The Hall–Kier alpha value is -2.51. The summed E-state index contributed by atoms with van der Waals surface area (Å²) in [6, 6.07) is 8.01. The number of fused-ring (bicyclic) bond motifs is 2. The van der Waals surface area contributed by atoms with E-state index in [0.29, 0.717) is 38.3 Å². The Morgan fingerprint density at radius 3 is 2.27 bits per heavy atom. The molecular weight excluding hydrogens is 580 g/mol. The molecule has 5 rings (SSSR count). The van der Waals surface area contributed by atoms with Gasteiger partial charge in [-0.2, -0.15) is 0 Å². The van der Waals surface area contributed by atoms with E-state index >= 15 is 4.39 Å². The van der Waals surface area contributed by atoms with Crippen LogP contribution in [0.2, 0.25) is 5.02 Å². The van der Waals surface area contributed by atoms with Gasteiger partial charge in [-0.05, 0) is 99.6 Å². The van der Waals surface area contributed by atoms with Gasteiger partial charge in [0.1, 0.15) is 11.6 Å². The summed E-state index contributed by atoms with van der Waals surface area (Å²) in [5.74, 6) is -1.75. The van der Waals surface area contributed by atoms with Crippen LogP contribution in [-0.4, -0.2) is 71.8 Å². The molecular formula is C36H48ClF2N3O2. The Labute approximate surface area is 266 Å². The molecule has 44 heavy (non-hydrogen) atoms. The Bertz CT molecular complexity index is 1440.